The van der Waals surface area contributed by atoms with Crippen molar-refractivity contribution in [3.05, 3.63) is 41.9 Å². The first kappa shape index (κ1) is 18.1. The normalized spacial score (nSPS) is 29.0. The first-order valence-electron chi connectivity index (χ1n) is 8.79. The minimum absolute atomic E-state index is 0.000457. The molecule has 7 nitrogen and oxygen atoms in total. The van der Waals surface area contributed by atoms with Crippen LogP contribution >= 0.6 is 0 Å². The molecule has 7 heteroatoms. The maximum atomic E-state index is 13.0. The van der Waals surface area contributed by atoms with Gasteiger partial charge >= 0.3 is 0 Å². The molecule has 1 aliphatic carbocycles. The minimum Gasteiger partial charge on any atom is -0.369 e. The molecule has 0 radical (unpaired) electrons. The smallest absolute Gasteiger partial charge is 0.248 e. The topological polar surface area (TPSA) is 105 Å². The average Bonchev–Trinajstić information content (AvgIpc) is 3.31. The lowest BCUT2D eigenvalue weighted by Gasteiger charge is -2.38. The van der Waals surface area contributed by atoms with Gasteiger partial charge in [-0.15, -0.1) is 0 Å². The zero-order valence-corrected chi connectivity index (χ0v) is 15.2. The summed E-state index contributed by atoms with van der Waals surface area (Å²) in [4.78, 5) is 43.3. The third-order valence-electron chi connectivity index (χ3n) is 5.34. The largest absolute Gasteiger partial charge is 0.369 e. The minimum atomic E-state index is -1.46. The molecule has 0 aromatic carbocycles. The molecular weight excluding hydrogens is 332 g/mol. The number of amides is 3. The lowest BCUT2D eigenvalue weighted by Crippen LogP contribution is -2.52. The molecule has 1 aromatic rings. The first-order valence-corrected chi connectivity index (χ1v) is 8.79. The van der Waals surface area contributed by atoms with E-state index >= 15 is 0 Å². The molecule has 2 unspecified atom stereocenters. The number of aromatic nitrogens is 1. The number of hydrogen-bond donors (Lipinski definition) is 2. The molecule has 1 aliphatic heterocycles. The highest BCUT2D eigenvalue weighted by Gasteiger charge is 2.48. The van der Waals surface area contributed by atoms with Crippen LogP contribution in [0, 0.1) is 11.3 Å². The number of primary amides is 1. The predicted molar refractivity (Wildman–Crippen MR) is 95.2 cm³/mol. The van der Waals surface area contributed by atoms with Crippen LogP contribution < -0.4 is 11.1 Å². The van der Waals surface area contributed by atoms with E-state index in [1.165, 1.54) is 18.0 Å². The van der Waals surface area contributed by atoms with Gasteiger partial charge in [0.1, 0.15) is 5.41 Å². The van der Waals surface area contributed by atoms with Crippen LogP contribution in [-0.2, 0) is 14.4 Å². The van der Waals surface area contributed by atoms with Crippen molar-refractivity contribution in [3.63, 3.8) is 0 Å². The van der Waals surface area contributed by atoms with E-state index in [-0.39, 0.29) is 18.4 Å². The van der Waals surface area contributed by atoms with Gasteiger partial charge in [-0.05, 0) is 38.3 Å². The zero-order valence-electron chi connectivity index (χ0n) is 15.2. The van der Waals surface area contributed by atoms with Gasteiger partial charge in [-0.1, -0.05) is 13.0 Å². The molecule has 0 bridgehead atoms. The molecule has 3 rings (SSSR count). The maximum Gasteiger partial charge on any atom is 0.248 e. The van der Waals surface area contributed by atoms with Crippen LogP contribution in [0.5, 0.6) is 0 Å². The molecule has 2 aliphatic rings. The fraction of sp³-hybridized carbons (Fsp3) is 0.474. The van der Waals surface area contributed by atoms with Crippen molar-refractivity contribution in [1.82, 2.24) is 15.2 Å². The van der Waals surface area contributed by atoms with E-state index in [0.29, 0.717) is 17.2 Å². The van der Waals surface area contributed by atoms with Gasteiger partial charge in [0.05, 0.1) is 11.7 Å². The molecule has 4 atom stereocenters. The van der Waals surface area contributed by atoms with Crippen LogP contribution in [0.3, 0.4) is 0 Å². The van der Waals surface area contributed by atoms with E-state index in [1.807, 2.05) is 13.0 Å². The van der Waals surface area contributed by atoms with Crippen LogP contribution in [0.15, 0.2) is 36.2 Å². The Labute approximate surface area is 152 Å². The van der Waals surface area contributed by atoms with E-state index in [2.05, 4.69) is 17.2 Å². The Morgan fingerprint density at radius 2 is 2.12 bits per heavy atom. The van der Waals surface area contributed by atoms with Gasteiger partial charge in [0.15, 0.2) is 0 Å². The SMILES string of the molecule is CC(c1ccccn1)N1C=C(C(=O)N[C@H]2C[C@@H]2C)CC(C)(C(N)=O)C1=O. The van der Waals surface area contributed by atoms with Crippen molar-refractivity contribution in [2.45, 2.75) is 45.7 Å². The quantitative estimate of drug-likeness (QED) is 0.775. The summed E-state index contributed by atoms with van der Waals surface area (Å²) in [7, 11) is 0. The summed E-state index contributed by atoms with van der Waals surface area (Å²) in [5, 5.41) is 2.95. The number of nitrogens with zero attached hydrogens (tertiary/aromatic N) is 2. The maximum absolute atomic E-state index is 13.0. The van der Waals surface area contributed by atoms with Crippen molar-refractivity contribution in [2.75, 3.05) is 0 Å². The Kier molecular flexibility index (Phi) is 4.56. The molecule has 1 saturated carbocycles. The van der Waals surface area contributed by atoms with E-state index in [4.69, 9.17) is 5.73 Å². The number of carbonyl (C=O) groups is 3. The number of nitrogens with two attached hydrogens (primary N) is 1. The van der Waals surface area contributed by atoms with Gasteiger partial charge in [-0.2, -0.15) is 0 Å². The van der Waals surface area contributed by atoms with Gasteiger partial charge in [0, 0.05) is 30.4 Å². The molecule has 138 valence electrons. The van der Waals surface area contributed by atoms with Gasteiger partial charge in [0.2, 0.25) is 17.7 Å². The van der Waals surface area contributed by atoms with Gasteiger partial charge in [-0.25, -0.2) is 0 Å². The Balaban J connectivity index is 1.94. The third-order valence-corrected chi connectivity index (χ3v) is 5.34. The second-order valence-corrected chi connectivity index (χ2v) is 7.46. The Morgan fingerprint density at radius 1 is 1.42 bits per heavy atom. The van der Waals surface area contributed by atoms with Gasteiger partial charge in [-0.3, -0.25) is 19.4 Å². The third kappa shape index (κ3) is 3.21. The summed E-state index contributed by atoms with van der Waals surface area (Å²) in [5.74, 6) is -0.952. The van der Waals surface area contributed by atoms with Crippen LogP contribution in [0.1, 0.15) is 45.3 Å². The lowest BCUT2D eigenvalue weighted by atomic mass is 9.78. The Bertz CT molecular complexity index is 776. The predicted octanol–water partition coefficient (Wildman–Crippen LogP) is 1.27. The highest BCUT2D eigenvalue weighted by Crippen LogP contribution is 2.37. The molecular formula is C19H24N4O3. The van der Waals surface area contributed by atoms with Crippen molar-refractivity contribution < 1.29 is 14.4 Å². The second kappa shape index (κ2) is 6.55. The van der Waals surface area contributed by atoms with Crippen molar-refractivity contribution in [3.8, 4) is 0 Å². The summed E-state index contributed by atoms with van der Waals surface area (Å²) < 4.78 is 0. The number of hydrogen-bond acceptors (Lipinski definition) is 4. The highest BCUT2D eigenvalue weighted by molar-refractivity contribution is 6.08. The molecule has 3 amide bonds. The first-order chi connectivity index (χ1) is 12.2. The zero-order chi connectivity index (χ0) is 19.1. The standard InChI is InChI=1S/C19H24N4O3/c1-11-8-15(11)22-16(24)13-9-19(3,17(20)25)18(26)23(10-13)12(2)14-6-4-5-7-21-14/h4-7,10-12,15H,8-9H2,1-3H3,(H2,20,25)(H,22,24)/t11-,12?,15-,19?/m0/s1. The molecule has 3 N–H and O–H groups in total. The molecule has 26 heavy (non-hydrogen) atoms. The summed E-state index contributed by atoms with van der Waals surface area (Å²) in [6.07, 6.45) is 4.12. The molecule has 2 heterocycles. The number of pyridine rings is 1. The lowest BCUT2D eigenvalue weighted by molar-refractivity contribution is -0.149. The molecule has 0 spiro atoms. The van der Waals surface area contributed by atoms with Crippen LogP contribution in [0.4, 0.5) is 0 Å². The second-order valence-electron chi connectivity index (χ2n) is 7.46. The Morgan fingerprint density at radius 3 is 2.65 bits per heavy atom. The van der Waals surface area contributed by atoms with Gasteiger partial charge < -0.3 is 16.0 Å². The fourth-order valence-corrected chi connectivity index (χ4v) is 3.18. The van der Waals surface area contributed by atoms with Crippen LogP contribution in [0.2, 0.25) is 0 Å². The van der Waals surface area contributed by atoms with E-state index in [9.17, 15) is 14.4 Å². The van der Waals surface area contributed by atoms with Crippen LogP contribution in [0.25, 0.3) is 0 Å². The summed E-state index contributed by atoms with van der Waals surface area (Å²) in [5.41, 5.74) is 5.12. The van der Waals surface area contributed by atoms with E-state index < -0.39 is 23.3 Å². The Hall–Kier alpha value is -2.70. The highest BCUT2D eigenvalue weighted by atomic mass is 16.2. The number of carbonyl (C=O) groups excluding carboxylic acids is 3. The van der Waals surface area contributed by atoms with Crippen molar-refractivity contribution in [2.24, 2.45) is 17.1 Å². The molecule has 0 saturated heterocycles. The summed E-state index contributed by atoms with van der Waals surface area (Å²) in [6.45, 7) is 5.37. The average molecular weight is 356 g/mol. The summed E-state index contributed by atoms with van der Waals surface area (Å²) >= 11 is 0. The fourth-order valence-electron chi connectivity index (χ4n) is 3.18. The molecule has 1 aromatic heterocycles. The molecule has 1 fully saturated rings. The number of rotatable bonds is 5. The number of nitrogens with one attached hydrogen (secondary N) is 1. The van der Waals surface area contributed by atoms with E-state index in [1.54, 1.807) is 18.3 Å². The monoisotopic (exact) mass is 356 g/mol. The van der Waals surface area contributed by atoms with Crippen LogP contribution in [-0.4, -0.2) is 33.6 Å². The summed E-state index contributed by atoms with van der Waals surface area (Å²) in [6, 6.07) is 5.14. The van der Waals surface area contributed by atoms with Crippen molar-refractivity contribution >= 4 is 17.7 Å². The van der Waals surface area contributed by atoms with Gasteiger partial charge in [0.25, 0.3) is 0 Å². The van der Waals surface area contributed by atoms with Crippen molar-refractivity contribution in [1.29, 1.82) is 0 Å². The van der Waals surface area contributed by atoms with E-state index in [0.717, 1.165) is 6.42 Å².